The first-order valence-electron chi connectivity index (χ1n) is 11.2. The summed E-state index contributed by atoms with van der Waals surface area (Å²) in [6.45, 7) is 12.4. The van der Waals surface area contributed by atoms with Crippen LogP contribution in [0, 0.1) is 20.8 Å². The van der Waals surface area contributed by atoms with Gasteiger partial charge in [-0.15, -0.1) is 10.2 Å². The molecule has 0 saturated carbocycles. The van der Waals surface area contributed by atoms with E-state index in [0.29, 0.717) is 5.16 Å². The average Bonchev–Trinajstić information content (AvgIpc) is 3.13. The molecule has 0 atom stereocenters. The van der Waals surface area contributed by atoms with Crippen molar-refractivity contribution < 1.29 is 9.59 Å². The van der Waals surface area contributed by atoms with E-state index in [-0.39, 0.29) is 29.5 Å². The maximum Gasteiger partial charge on any atom is 0.243 e. The van der Waals surface area contributed by atoms with Gasteiger partial charge in [0, 0.05) is 18.3 Å². The SMILES string of the molecule is Cc1cc(C)c(NC(=O)CNC(=O)CSc2nnc(-c3ccc(C(C)(C)C)cc3)n2C)c(C)c1. The van der Waals surface area contributed by atoms with E-state index in [1.807, 2.05) is 56.7 Å². The fraction of sp³-hybridized carbons (Fsp3) is 0.385. The summed E-state index contributed by atoms with van der Waals surface area (Å²) < 4.78 is 1.87. The summed E-state index contributed by atoms with van der Waals surface area (Å²) in [6.07, 6.45) is 0. The van der Waals surface area contributed by atoms with E-state index in [1.165, 1.54) is 17.3 Å². The first kappa shape index (κ1) is 25.5. The predicted molar refractivity (Wildman–Crippen MR) is 138 cm³/mol. The number of carbonyl (C=O) groups excluding carboxylic acids is 2. The monoisotopic (exact) mass is 479 g/mol. The molecule has 0 bridgehead atoms. The number of benzene rings is 2. The Labute approximate surface area is 205 Å². The van der Waals surface area contributed by atoms with Crippen LogP contribution in [0.3, 0.4) is 0 Å². The van der Waals surface area contributed by atoms with Crippen molar-refractivity contribution in [1.29, 1.82) is 0 Å². The van der Waals surface area contributed by atoms with Gasteiger partial charge in [0.05, 0.1) is 12.3 Å². The highest BCUT2D eigenvalue weighted by Crippen LogP contribution is 2.27. The van der Waals surface area contributed by atoms with Gasteiger partial charge in [0.25, 0.3) is 0 Å². The van der Waals surface area contributed by atoms with E-state index in [9.17, 15) is 9.59 Å². The van der Waals surface area contributed by atoms with Crippen LogP contribution in [0.4, 0.5) is 5.69 Å². The second-order valence-corrected chi connectivity index (χ2v) is 10.5. The van der Waals surface area contributed by atoms with Crippen molar-refractivity contribution in [3.05, 3.63) is 58.7 Å². The number of nitrogens with one attached hydrogen (secondary N) is 2. The first-order chi connectivity index (χ1) is 16.0. The molecule has 0 aliphatic heterocycles. The van der Waals surface area contributed by atoms with Crippen LogP contribution in [0.1, 0.15) is 43.0 Å². The number of thioether (sulfide) groups is 1. The molecule has 0 saturated heterocycles. The van der Waals surface area contributed by atoms with Gasteiger partial charge in [0.1, 0.15) is 0 Å². The molecule has 1 aromatic heterocycles. The number of carbonyl (C=O) groups is 2. The van der Waals surface area contributed by atoms with Crippen LogP contribution in [0.5, 0.6) is 0 Å². The van der Waals surface area contributed by atoms with Gasteiger partial charge in [-0.25, -0.2) is 0 Å². The summed E-state index contributed by atoms with van der Waals surface area (Å²) in [5.41, 5.74) is 6.24. The minimum Gasteiger partial charge on any atom is -0.346 e. The lowest BCUT2D eigenvalue weighted by atomic mass is 9.87. The van der Waals surface area contributed by atoms with Gasteiger partial charge in [0.15, 0.2) is 11.0 Å². The average molecular weight is 480 g/mol. The van der Waals surface area contributed by atoms with Crippen molar-refractivity contribution in [2.24, 2.45) is 7.05 Å². The molecule has 0 fully saturated rings. The van der Waals surface area contributed by atoms with Crippen molar-refractivity contribution in [1.82, 2.24) is 20.1 Å². The summed E-state index contributed by atoms with van der Waals surface area (Å²) in [7, 11) is 1.88. The van der Waals surface area contributed by atoms with Crippen molar-refractivity contribution >= 4 is 29.3 Å². The van der Waals surface area contributed by atoms with Crippen LogP contribution >= 0.6 is 11.8 Å². The molecule has 2 amide bonds. The highest BCUT2D eigenvalue weighted by atomic mass is 32.2. The molecular weight excluding hydrogens is 446 g/mol. The van der Waals surface area contributed by atoms with E-state index in [1.54, 1.807) is 0 Å². The largest absolute Gasteiger partial charge is 0.346 e. The molecule has 34 heavy (non-hydrogen) atoms. The maximum absolute atomic E-state index is 12.3. The van der Waals surface area contributed by atoms with Gasteiger partial charge in [-0.3, -0.25) is 9.59 Å². The smallest absolute Gasteiger partial charge is 0.243 e. The van der Waals surface area contributed by atoms with E-state index in [4.69, 9.17) is 0 Å². The lowest BCUT2D eigenvalue weighted by Gasteiger charge is -2.19. The zero-order valence-electron chi connectivity index (χ0n) is 20.9. The highest BCUT2D eigenvalue weighted by Gasteiger charge is 2.16. The summed E-state index contributed by atoms with van der Waals surface area (Å²) in [4.78, 5) is 24.6. The van der Waals surface area contributed by atoms with Crippen LogP contribution in [-0.4, -0.2) is 38.9 Å². The van der Waals surface area contributed by atoms with E-state index >= 15 is 0 Å². The lowest BCUT2D eigenvalue weighted by molar-refractivity contribution is -0.122. The summed E-state index contributed by atoms with van der Waals surface area (Å²) in [5.74, 6) is 0.390. The Morgan fingerprint density at radius 1 is 0.971 bits per heavy atom. The Morgan fingerprint density at radius 2 is 1.59 bits per heavy atom. The molecule has 3 rings (SSSR count). The number of anilines is 1. The lowest BCUT2D eigenvalue weighted by Crippen LogP contribution is -2.34. The quantitative estimate of drug-likeness (QED) is 0.485. The molecule has 8 heteroatoms. The molecule has 1 heterocycles. The highest BCUT2D eigenvalue weighted by molar-refractivity contribution is 7.99. The molecule has 0 unspecified atom stereocenters. The molecule has 7 nitrogen and oxygen atoms in total. The summed E-state index contributed by atoms with van der Waals surface area (Å²) >= 11 is 1.29. The van der Waals surface area contributed by atoms with E-state index in [2.05, 4.69) is 53.7 Å². The normalized spacial score (nSPS) is 11.4. The molecular formula is C26H33N5O2S. The number of aryl methyl sites for hydroxylation is 3. The maximum atomic E-state index is 12.3. The fourth-order valence-electron chi connectivity index (χ4n) is 3.73. The number of hydrogen-bond acceptors (Lipinski definition) is 5. The predicted octanol–water partition coefficient (Wildman–Crippen LogP) is 4.55. The zero-order chi connectivity index (χ0) is 25.0. The van der Waals surface area contributed by atoms with Gasteiger partial charge in [0.2, 0.25) is 11.8 Å². The summed E-state index contributed by atoms with van der Waals surface area (Å²) in [5, 5.41) is 14.7. The van der Waals surface area contributed by atoms with E-state index in [0.717, 1.165) is 33.8 Å². The van der Waals surface area contributed by atoms with Gasteiger partial charge in [-0.1, -0.05) is 74.5 Å². The minimum absolute atomic E-state index is 0.0848. The molecule has 2 aromatic carbocycles. The molecule has 3 aromatic rings. The molecule has 0 aliphatic rings. The Morgan fingerprint density at radius 3 is 2.18 bits per heavy atom. The van der Waals surface area contributed by atoms with Crippen LogP contribution in [0.25, 0.3) is 11.4 Å². The number of aromatic nitrogens is 3. The van der Waals surface area contributed by atoms with Crippen LogP contribution in [0.2, 0.25) is 0 Å². The van der Waals surface area contributed by atoms with Crippen LogP contribution in [0.15, 0.2) is 41.6 Å². The third-order valence-electron chi connectivity index (χ3n) is 5.56. The minimum atomic E-state index is -0.256. The van der Waals surface area contributed by atoms with Gasteiger partial charge in [-0.2, -0.15) is 0 Å². The van der Waals surface area contributed by atoms with Crippen molar-refractivity contribution in [3.8, 4) is 11.4 Å². The Bertz CT molecular complexity index is 1170. The molecule has 0 radical (unpaired) electrons. The number of rotatable bonds is 7. The molecule has 180 valence electrons. The summed E-state index contributed by atoms with van der Waals surface area (Å²) in [6, 6.07) is 12.3. The van der Waals surface area contributed by atoms with Gasteiger partial charge >= 0.3 is 0 Å². The van der Waals surface area contributed by atoms with Crippen molar-refractivity contribution in [2.75, 3.05) is 17.6 Å². The van der Waals surface area contributed by atoms with Crippen molar-refractivity contribution in [3.63, 3.8) is 0 Å². The van der Waals surface area contributed by atoms with Crippen LogP contribution < -0.4 is 10.6 Å². The topological polar surface area (TPSA) is 88.9 Å². The van der Waals surface area contributed by atoms with Gasteiger partial charge in [-0.05, 0) is 42.9 Å². The first-order valence-corrected chi connectivity index (χ1v) is 12.2. The third kappa shape index (κ3) is 6.26. The van der Waals surface area contributed by atoms with Crippen LogP contribution in [-0.2, 0) is 22.1 Å². The number of hydrogen-bond donors (Lipinski definition) is 2. The second-order valence-electron chi connectivity index (χ2n) is 9.58. The second kappa shape index (κ2) is 10.4. The molecule has 0 spiro atoms. The zero-order valence-corrected chi connectivity index (χ0v) is 21.8. The van der Waals surface area contributed by atoms with E-state index < -0.39 is 0 Å². The van der Waals surface area contributed by atoms with Gasteiger partial charge < -0.3 is 15.2 Å². The number of nitrogens with zero attached hydrogens (tertiary/aromatic N) is 3. The Kier molecular flexibility index (Phi) is 7.82. The standard InChI is InChI=1S/C26H33N5O2S/c1-16-12-17(2)23(18(3)13-16)28-21(32)14-27-22(33)15-34-25-30-29-24(31(25)7)19-8-10-20(11-9-19)26(4,5)6/h8-13H,14-15H2,1-7H3,(H,27,33)(H,28,32). The number of amides is 2. The fourth-order valence-corrected chi connectivity index (χ4v) is 4.47. The third-order valence-corrected chi connectivity index (χ3v) is 6.58. The molecule has 0 aliphatic carbocycles. The molecule has 2 N–H and O–H groups in total. The Hall–Kier alpha value is -3.13. The Balaban J connectivity index is 1.53. The van der Waals surface area contributed by atoms with Crippen molar-refractivity contribution in [2.45, 2.75) is 52.1 Å².